The fourth-order valence-electron chi connectivity index (χ4n) is 3.38. The van der Waals surface area contributed by atoms with Crippen molar-refractivity contribution in [3.05, 3.63) is 34.9 Å². The van der Waals surface area contributed by atoms with Crippen molar-refractivity contribution in [2.45, 2.75) is 77.4 Å². The zero-order chi connectivity index (χ0) is 20.9. The molecule has 1 aromatic carbocycles. The van der Waals surface area contributed by atoms with Gasteiger partial charge in [-0.1, -0.05) is 32.3 Å². The van der Waals surface area contributed by atoms with Crippen molar-refractivity contribution in [2.24, 2.45) is 0 Å². The first-order valence-corrected chi connectivity index (χ1v) is 11.9. The molecule has 2 amide bonds. The fraction of sp³-hybridized carbons (Fsp3) is 0.636. The molecule has 0 aliphatic carbocycles. The van der Waals surface area contributed by atoms with Crippen LogP contribution in [0, 0.1) is 0 Å². The van der Waals surface area contributed by atoms with E-state index >= 15 is 0 Å². The van der Waals surface area contributed by atoms with Crippen LogP contribution >= 0.6 is 0 Å². The number of hydrogen-bond acceptors (Lipinski definition) is 4. The van der Waals surface area contributed by atoms with Gasteiger partial charge in [0.25, 0.3) is 11.8 Å². The summed E-state index contributed by atoms with van der Waals surface area (Å²) in [6, 6.07) is 5.58. The molecule has 156 valence electrons. The van der Waals surface area contributed by atoms with Crippen LogP contribution in [0.1, 0.15) is 92.5 Å². The third-order valence-electron chi connectivity index (χ3n) is 5.29. The van der Waals surface area contributed by atoms with Crippen LogP contribution in [0.4, 0.5) is 0 Å². The van der Waals surface area contributed by atoms with Crippen LogP contribution in [0.2, 0.25) is 0 Å². The van der Waals surface area contributed by atoms with Crippen molar-refractivity contribution in [3.8, 4) is 0 Å². The van der Waals surface area contributed by atoms with Gasteiger partial charge in [-0.2, -0.15) is 0 Å². The van der Waals surface area contributed by atoms with Gasteiger partial charge in [-0.05, 0) is 64.2 Å². The molecule has 1 aliphatic rings. The largest absolute Gasteiger partial charge is 0.274 e. The van der Waals surface area contributed by atoms with Crippen molar-refractivity contribution in [3.63, 3.8) is 0 Å². The number of sulfone groups is 1. The van der Waals surface area contributed by atoms with Gasteiger partial charge < -0.3 is 0 Å². The third-order valence-corrected chi connectivity index (χ3v) is 7.99. The Morgan fingerprint density at radius 1 is 0.893 bits per heavy atom. The first kappa shape index (κ1) is 22.6. The van der Waals surface area contributed by atoms with Gasteiger partial charge in [-0.25, -0.2) is 8.42 Å². The van der Waals surface area contributed by atoms with Crippen molar-refractivity contribution < 1.29 is 18.0 Å². The Morgan fingerprint density at radius 3 is 2.14 bits per heavy atom. The molecular weight excluding hydrogens is 374 g/mol. The molecule has 1 aromatic rings. The number of nitrogens with zero attached hydrogens (tertiary/aromatic N) is 1. The monoisotopic (exact) mass is 407 g/mol. The maximum absolute atomic E-state index is 12.4. The standard InChI is InChI=1S/C22H33NO4S/c1-5-14-23-20(24)18-13-12-17(16-19(18)21(23)25)11-9-7-6-8-10-15-28(26,27)22(2,3)4/h12-13,16H,5-11,14-15H2,1-4H3. The lowest BCUT2D eigenvalue weighted by Crippen LogP contribution is -2.30. The van der Waals surface area contributed by atoms with E-state index < -0.39 is 14.6 Å². The minimum Gasteiger partial charge on any atom is -0.274 e. The summed E-state index contributed by atoms with van der Waals surface area (Å²) in [7, 11) is -3.02. The zero-order valence-corrected chi connectivity index (χ0v) is 18.4. The fourth-order valence-corrected chi connectivity index (χ4v) is 4.57. The normalized spacial score (nSPS) is 14.6. The molecule has 0 spiro atoms. The Bertz CT molecular complexity index is 821. The second-order valence-corrected chi connectivity index (χ2v) is 11.5. The van der Waals surface area contributed by atoms with Gasteiger partial charge in [0.05, 0.1) is 21.6 Å². The first-order valence-electron chi connectivity index (χ1n) is 10.3. The van der Waals surface area contributed by atoms with Gasteiger partial charge in [-0.15, -0.1) is 0 Å². The van der Waals surface area contributed by atoms with E-state index in [1.807, 2.05) is 19.1 Å². The van der Waals surface area contributed by atoms with Gasteiger partial charge >= 0.3 is 0 Å². The maximum atomic E-state index is 12.4. The number of hydrogen-bond donors (Lipinski definition) is 0. The number of rotatable bonds is 10. The molecule has 0 saturated heterocycles. The Hall–Kier alpha value is -1.69. The molecule has 0 bridgehead atoms. The molecule has 6 heteroatoms. The highest BCUT2D eigenvalue weighted by atomic mass is 32.2. The highest BCUT2D eigenvalue weighted by molar-refractivity contribution is 7.92. The van der Waals surface area contributed by atoms with Crippen LogP contribution in [0.15, 0.2) is 18.2 Å². The van der Waals surface area contributed by atoms with Gasteiger partial charge in [0.15, 0.2) is 9.84 Å². The molecule has 0 radical (unpaired) electrons. The van der Waals surface area contributed by atoms with Crippen molar-refractivity contribution in [1.82, 2.24) is 4.90 Å². The summed E-state index contributed by atoms with van der Waals surface area (Å²) in [6.07, 6.45) is 6.28. The highest BCUT2D eigenvalue weighted by Crippen LogP contribution is 2.25. The summed E-state index contributed by atoms with van der Waals surface area (Å²) in [6.45, 7) is 7.66. The molecule has 1 aliphatic heterocycles. The number of fused-ring (bicyclic) bond motifs is 1. The molecule has 28 heavy (non-hydrogen) atoms. The number of unbranched alkanes of at least 4 members (excludes halogenated alkanes) is 4. The minimum atomic E-state index is -3.02. The lowest BCUT2D eigenvalue weighted by Gasteiger charge is -2.18. The average Bonchev–Trinajstić information content (AvgIpc) is 2.85. The highest BCUT2D eigenvalue weighted by Gasteiger charge is 2.34. The smallest absolute Gasteiger partial charge is 0.261 e. The van der Waals surface area contributed by atoms with Crippen molar-refractivity contribution in [2.75, 3.05) is 12.3 Å². The molecule has 0 aromatic heterocycles. The molecule has 0 fully saturated rings. The Kier molecular flexibility index (Phi) is 7.43. The van der Waals surface area contributed by atoms with E-state index in [1.54, 1.807) is 26.8 Å². The summed E-state index contributed by atoms with van der Waals surface area (Å²) in [5.41, 5.74) is 2.12. The zero-order valence-electron chi connectivity index (χ0n) is 17.6. The number of imide groups is 1. The summed E-state index contributed by atoms with van der Waals surface area (Å²) >= 11 is 0. The Morgan fingerprint density at radius 2 is 1.50 bits per heavy atom. The summed E-state index contributed by atoms with van der Waals surface area (Å²) in [5, 5.41) is 0. The van der Waals surface area contributed by atoms with E-state index in [9.17, 15) is 18.0 Å². The number of carbonyl (C=O) groups excluding carboxylic acids is 2. The molecule has 0 unspecified atom stereocenters. The molecular formula is C22H33NO4S. The van der Waals surface area contributed by atoms with Gasteiger partial charge in [-0.3, -0.25) is 14.5 Å². The predicted molar refractivity (Wildman–Crippen MR) is 112 cm³/mol. The molecule has 0 N–H and O–H groups in total. The average molecular weight is 408 g/mol. The molecule has 5 nitrogen and oxygen atoms in total. The second kappa shape index (κ2) is 9.21. The SMILES string of the molecule is CCCN1C(=O)c2ccc(CCCCCCCS(=O)(=O)C(C)(C)C)cc2C1=O. The lowest BCUT2D eigenvalue weighted by atomic mass is 10.0. The van der Waals surface area contributed by atoms with Crippen molar-refractivity contribution in [1.29, 1.82) is 0 Å². The van der Waals surface area contributed by atoms with E-state index in [-0.39, 0.29) is 17.6 Å². The summed E-state index contributed by atoms with van der Waals surface area (Å²) in [4.78, 5) is 26.0. The number of aryl methyl sites for hydroxylation is 1. The summed E-state index contributed by atoms with van der Waals surface area (Å²) < 4.78 is 23.5. The van der Waals surface area contributed by atoms with Crippen LogP contribution in [-0.4, -0.2) is 42.2 Å². The molecule has 0 saturated carbocycles. The van der Waals surface area contributed by atoms with Gasteiger partial charge in [0, 0.05) is 6.54 Å². The number of benzene rings is 1. The van der Waals surface area contributed by atoms with E-state index in [0.717, 1.165) is 44.1 Å². The Balaban J connectivity index is 1.76. The molecule has 2 rings (SSSR count). The van der Waals surface area contributed by atoms with Crippen LogP contribution in [0.3, 0.4) is 0 Å². The predicted octanol–water partition coefficient (Wildman–Crippen LogP) is 4.40. The summed E-state index contributed by atoms with van der Waals surface area (Å²) in [5.74, 6) is -0.103. The Labute approximate surface area is 169 Å². The topological polar surface area (TPSA) is 71.5 Å². The van der Waals surface area contributed by atoms with E-state index in [2.05, 4.69) is 0 Å². The van der Waals surface area contributed by atoms with Crippen LogP contribution < -0.4 is 0 Å². The van der Waals surface area contributed by atoms with Crippen LogP contribution in [-0.2, 0) is 16.3 Å². The quantitative estimate of drug-likeness (QED) is 0.426. The lowest BCUT2D eigenvalue weighted by molar-refractivity contribution is 0.0654. The number of carbonyl (C=O) groups is 2. The van der Waals surface area contributed by atoms with E-state index in [1.165, 1.54) is 4.90 Å². The minimum absolute atomic E-state index is 0.177. The number of amides is 2. The van der Waals surface area contributed by atoms with E-state index in [0.29, 0.717) is 24.1 Å². The first-order chi connectivity index (χ1) is 13.1. The van der Waals surface area contributed by atoms with Crippen LogP contribution in [0.25, 0.3) is 0 Å². The van der Waals surface area contributed by atoms with Gasteiger partial charge in [0.1, 0.15) is 0 Å². The second-order valence-electron chi connectivity index (χ2n) is 8.59. The molecule has 1 heterocycles. The maximum Gasteiger partial charge on any atom is 0.261 e. The van der Waals surface area contributed by atoms with E-state index in [4.69, 9.17) is 0 Å². The third kappa shape index (κ3) is 5.22. The van der Waals surface area contributed by atoms with Crippen molar-refractivity contribution >= 4 is 21.7 Å². The van der Waals surface area contributed by atoms with Crippen LogP contribution in [0.5, 0.6) is 0 Å². The van der Waals surface area contributed by atoms with Gasteiger partial charge in [0.2, 0.25) is 0 Å². The molecule has 0 atom stereocenters.